The maximum atomic E-state index is 13.5. The van der Waals surface area contributed by atoms with Gasteiger partial charge in [0.25, 0.3) is 0 Å². The van der Waals surface area contributed by atoms with Gasteiger partial charge in [-0.2, -0.15) is 0 Å². The fourth-order valence-corrected chi connectivity index (χ4v) is 1.71. The highest BCUT2D eigenvalue weighted by atomic mass is 19.1. The molecule has 1 atom stereocenters. The molecule has 1 saturated heterocycles. The van der Waals surface area contributed by atoms with E-state index in [-0.39, 0.29) is 11.9 Å². The number of hydrogen-bond acceptors (Lipinski definition) is 3. The molecular weight excluding hydrogens is 216 g/mol. The van der Waals surface area contributed by atoms with Gasteiger partial charge in [-0.1, -0.05) is 0 Å². The molecule has 0 bridgehead atoms. The zero-order valence-corrected chi connectivity index (χ0v) is 8.93. The van der Waals surface area contributed by atoms with Gasteiger partial charge in [0.2, 0.25) is 0 Å². The van der Waals surface area contributed by atoms with Crippen molar-refractivity contribution in [2.75, 3.05) is 26.8 Å². The lowest BCUT2D eigenvalue weighted by molar-refractivity contribution is 0.0253. The van der Waals surface area contributed by atoms with Gasteiger partial charge in [-0.25, -0.2) is 8.78 Å². The lowest BCUT2D eigenvalue weighted by Crippen LogP contribution is -2.33. The van der Waals surface area contributed by atoms with Gasteiger partial charge in [-0.3, -0.25) is 0 Å². The van der Waals surface area contributed by atoms with E-state index in [0.717, 1.165) is 12.6 Å². The van der Waals surface area contributed by atoms with E-state index in [1.54, 1.807) is 0 Å². The summed E-state index contributed by atoms with van der Waals surface area (Å²) in [5.41, 5.74) is 0.324. The molecule has 0 aliphatic carbocycles. The number of benzene rings is 1. The summed E-state index contributed by atoms with van der Waals surface area (Å²) in [5, 5.41) is 3.09. The van der Waals surface area contributed by atoms with Crippen LogP contribution in [-0.2, 0) is 4.74 Å². The zero-order chi connectivity index (χ0) is 11.5. The van der Waals surface area contributed by atoms with Crippen LogP contribution in [0.15, 0.2) is 12.1 Å². The highest BCUT2D eigenvalue weighted by molar-refractivity contribution is 5.33. The first-order valence-corrected chi connectivity index (χ1v) is 5.07. The van der Waals surface area contributed by atoms with Crippen molar-refractivity contribution in [2.24, 2.45) is 0 Å². The first-order valence-electron chi connectivity index (χ1n) is 5.07. The highest BCUT2D eigenvalue weighted by Gasteiger charge is 2.21. The first kappa shape index (κ1) is 11.3. The van der Waals surface area contributed by atoms with Crippen molar-refractivity contribution in [3.63, 3.8) is 0 Å². The van der Waals surface area contributed by atoms with Crippen LogP contribution in [0.3, 0.4) is 0 Å². The van der Waals surface area contributed by atoms with E-state index in [2.05, 4.69) is 5.32 Å². The molecule has 5 heteroatoms. The molecule has 0 spiro atoms. The molecule has 3 nitrogen and oxygen atoms in total. The lowest BCUT2D eigenvalue weighted by atomic mass is 10.1. The molecule has 1 aliphatic rings. The molecule has 1 aromatic carbocycles. The maximum absolute atomic E-state index is 13.5. The molecule has 1 N–H and O–H groups in total. The van der Waals surface area contributed by atoms with Crippen LogP contribution in [0.2, 0.25) is 0 Å². The standard InChI is InChI=1S/C11H13F2NO2/c1-15-10-4-7(8(12)5-9(10)13)11-6-14-2-3-16-11/h4-5,11,14H,2-3,6H2,1H3. The summed E-state index contributed by atoms with van der Waals surface area (Å²) in [5.74, 6) is -1.27. The average molecular weight is 229 g/mol. The zero-order valence-electron chi connectivity index (χ0n) is 8.93. The van der Waals surface area contributed by atoms with Gasteiger partial charge < -0.3 is 14.8 Å². The second-order valence-corrected chi connectivity index (χ2v) is 3.57. The molecule has 1 aliphatic heterocycles. The predicted octanol–water partition coefficient (Wildman–Crippen LogP) is 1.63. The van der Waals surface area contributed by atoms with E-state index >= 15 is 0 Å². The Hall–Kier alpha value is -1.20. The smallest absolute Gasteiger partial charge is 0.167 e. The molecule has 0 saturated carbocycles. The van der Waals surface area contributed by atoms with Gasteiger partial charge >= 0.3 is 0 Å². The van der Waals surface area contributed by atoms with Crippen molar-refractivity contribution in [2.45, 2.75) is 6.10 Å². The number of methoxy groups -OCH3 is 1. The number of rotatable bonds is 2. The molecule has 0 aromatic heterocycles. The predicted molar refractivity (Wildman–Crippen MR) is 54.5 cm³/mol. The largest absolute Gasteiger partial charge is 0.494 e. The van der Waals surface area contributed by atoms with Crippen LogP contribution >= 0.6 is 0 Å². The summed E-state index contributed by atoms with van der Waals surface area (Å²) < 4.78 is 36.9. The molecule has 0 radical (unpaired) electrons. The second-order valence-electron chi connectivity index (χ2n) is 3.57. The van der Waals surface area contributed by atoms with Crippen LogP contribution in [0.4, 0.5) is 8.78 Å². The first-order chi connectivity index (χ1) is 7.72. The Morgan fingerprint density at radius 1 is 1.38 bits per heavy atom. The molecule has 16 heavy (non-hydrogen) atoms. The summed E-state index contributed by atoms with van der Waals surface area (Å²) in [6.07, 6.45) is -0.386. The van der Waals surface area contributed by atoms with Crippen molar-refractivity contribution in [1.82, 2.24) is 5.32 Å². The van der Waals surface area contributed by atoms with Gasteiger partial charge in [-0.15, -0.1) is 0 Å². The SMILES string of the molecule is COc1cc(C2CNCCO2)c(F)cc1F. The number of morpholine rings is 1. The Kier molecular flexibility index (Phi) is 3.36. The lowest BCUT2D eigenvalue weighted by Gasteiger charge is -2.24. The quantitative estimate of drug-likeness (QED) is 0.836. The molecule has 88 valence electrons. The van der Waals surface area contributed by atoms with Gasteiger partial charge in [0.1, 0.15) is 5.82 Å². The summed E-state index contributed by atoms with van der Waals surface area (Å²) in [4.78, 5) is 0. The van der Waals surface area contributed by atoms with Crippen LogP contribution in [-0.4, -0.2) is 26.8 Å². The highest BCUT2D eigenvalue weighted by Crippen LogP contribution is 2.28. The summed E-state index contributed by atoms with van der Waals surface area (Å²) >= 11 is 0. The van der Waals surface area contributed by atoms with Crippen molar-refractivity contribution in [1.29, 1.82) is 0 Å². The Morgan fingerprint density at radius 3 is 2.81 bits per heavy atom. The number of nitrogens with one attached hydrogen (secondary N) is 1. The molecule has 1 unspecified atom stereocenters. The fraction of sp³-hybridized carbons (Fsp3) is 0.455. The normalized spacial score (nSPS) is 20.8. The summed E-state index contributed by atoms with van der Waals surface area (Å²) in [7, 11) is 1.35. The van der Waals surface area contributed by atoms with Crippen LogP contribution in [0.25, 0.3) is 0 Å². The van der Waals surface area contributed by atoms with Crippen molar-refractivity contribution in [3.8, 4) is 5.75 Å². The van der Waals surface area contributed by atoms with E-state index in [9.17, 15) is 8.78 Å². The maximum Gasteiger partial charge on any atom is 0.167 e. The van der Waals surface area contributed by atoms with Crippen LogP contribution in [0.1, 0.15) is 11.7 Å². The third-order valence-corrected chi connectivity index (χ3v) is 2.55. The number of halogens is 2. The Bertz CT molecular complexity index is 378. The van der Waals surface area contributed by atoms with Gasteiger partial charge in [-0.05, 0) is 6.07 Å². The van der Waals surface area contributed by atoms with E-state index in [1.165, 1.54) is 13.2 Å². The van der Waals surface area contributed by atoms with Crippen LogP contribution < -0.4 is 10.1 Å². The van der Waals surface area contributed by atoms with Crippen molar-refractivity contribution in [3.05, 3.63) is 29.3 Å². The molecule has 0 amide bonds. The minimum atomic E-state index is -0.701. The minimum absolute atomic E-state index is 0.0329. The van der Waals surface area contributed by atoms with E-state index < -0.39 is 11.6 Å². The molecular formula is C11H13F2NO2. The van der Waals surface area contributed by atoms with Crippen LogP contribution in [0, 0.1) is 11.6 Å². The number of hydrogen-bond donors (Lipinski definition) is 1. The topological polar surface area (TPSA) is 30.5 Å². The second kappa shape index (κ2) is 4.76. The Morgan fingerprint density at radius 2 is 2.19 bits per heavy atom. The van der Waals surface area contributed by atoms with Gasteiger partial charge in [0.05, 0.1) is 19.8 Å². The minimum Gasteiger partial charge on any atom is -0.494 e. The molecule has 1 aromatic rings. The molecule has 1 heterocycles. The molecule has 2 rings (SSSR count). The Balaban J connectivity index is 2.31. The van der Waals surface area contributed by atoms with Gasteiger partial charge in [0.15, 0.2) is 11.6 Å². The monoisotopic (exact) mass is 229 g/mol. The number of ether oxygens (including phenoxy) is 2. The van der Waals surface area contributed by atoms with Crippen molar-refractivity contribution >= 4 is 0 Å². The van der Waals surface area contributed by atoms with E-state index in [1.807, 2.05) is 0 Å². The third kappa shape index (κ3) is 2.15. The van der Waals surface area contributed by atoms with Gasteiger partial charge in [0, 0.05) is 24.7 Å². The third-order valence-electron chi connectivity index (χ3n) is 2.55. The Labute approximate surface area is 92.4 Å². The summed E-state index contributed by atoms with van der Waals surface area (Å²) in [6, 6.07) is 2.18. The van der Waals surface area contributed by atoms with E-state index in [0.29, 0.717) is 18.7 Å². The average Bonchev–Trinajstić information content (AvgIpc) is 2.30. The van der Waals surface area contributed by atoms with E-state index in [4.69, 9.17) is 9.47 Å². The van der Waals surface area contributed by atoms with Crippen LogP contribution in [0.5, 0.6) is 5.75 Å². The summed E-state index contributed by atoms with van der Waals surface area (Å²) in [6.45, 7) is 1.78. The fourth-order valence-electron chi connectivity index (χ4n) is 1.71. The van der Waals surface area contributed by atoms with Crippen molar-refractivity contribution < 1.29 is 18.3 Å². The molecule has 1 fully saturated rings.